The van der Waals surface area contributed by atoms with Gasteiger partial charge in [0, 0.05) is 25.8 Å². The number of aliphatic hydroxyl groups excluding tert-OH is 1. The Hall–Kier alpha value is -2.57. The quantitative estimate of drug-likeness (QED) is 0.0785. The molecule has 0 aromatic carbocycles. The van der Waals surface area contributed by atoms with Crippen LogP contribution in [0.15, 0.2) is 0 Å². The number of rotatable bonds is 19. The molecule has 0 saturated carbocycles. The molecule has 2 aliphatic rings. The van der Waals surface area contributed by atoms with Crippen molar-refractivity contribution in [3.8, 4) is 12.3 Å². The van der Waals surface area contributed by atoms with Gasteiger partial charge in [0.2, 0.25) is 11.2 Å². The van der Waals surface area contributed by atoms with Gasteiger partial charge in [-0.2, -0.15) is 9.97 Å². The second-order valence-corrected chi connectivity index (χ2v) is 9.20. The van der Waals surface area contributed by atoms with E-state index < -0.39 is 0 Å². The molecule has 3 heterocycles. The molecule has 2 fully saturated rings. The van der Waals surface area contributed by atoms with Crippen LogP contribution in [0.1, 0.15) is 18.4 Å². The zero-order valence-electron chi connectivity index (χ0n) is 21.9. The molecule has 3 rings (SSSR count). The Bertz CT molecular complexity index is 960. The Kier molecular flexibility index (Phi) is 13.6. The van der Waals surface area contributed by atoms with Crippen LogP contribution in [0.5, 0.6) is 0 Å². The van der Waals surface area contributed by atoms with E-state index in [1.807, 2.05) is 4.90 Å². The van der Waals surface area contributed by atoms with Crippen molar-refractivity contribution in [1.29, 1.82) is 5.41 Å². The van der Waals surface area contributed by atoms with E-state index >= 15 is 0 Å². The molecule has 1 aromatic heterocycles. The monoisotopic (exact) mass is 568 g/mol. The highest BCUT2D eigenvalue weighted by molar-refractivity contribution is 6.28. The van der Waals surface area contributed by atoms with E-state index in [1.54, 1.807) is 0 Å². The summed E-state index contributed by atoms with van der Waals surface area (Å²) in [7, 11) is 0. The third-order valence-corrected chi connectivity index (χ3v) is 6.22. The Labute approximate surface area is 233 Å². The molecule has 4 N–H and O–H groups in total. The average Bonchev–Trinajstić information content (AvgIpc) is 3.35. The molecular formula is C25H37ClN6O7. The third kappa shape index (κ3) is 10.2. The van der Waals surface area contributed by atoms with E-state index in [9.17, 15) is 9.90 Å². The van der Waals surface area contributed by atoms with Crippen LogP contribution in [0.2, 0.25) is 5.28 Å². The van der Waals surface area contributed by atoms with E-state index in [0.29, 0.717) is 89.5 Å². The van der Waals surface area contributed by atoms with Gasteiger partial charge < -0.3 is 49.7 Å². The van der Waals surface area contributed by atoms with Crippen molar-refractivity contribution in [2.45, 2.75) is 25.2 Å². The van der Waals surface area contributed by atoms with Gasteiger partial charge >= 0.3 is 0 Å². The Morgan fingerprint density at radius 2 is 1.79 bits per heavy atom. The van der Waals surface area contributed by atoms with Crippen LogP contribution in [0.3, 0.4) is 0 Å². The first kappa shape index (κ1) is 31.0. The van der Waals surface area contributed by atoms with Gasteiger partial charge in [0.15, 0.2) is 0 Å². The van der Waals surface area contributed by atoms with E-state index in [4.69, 9.17) is 47.1 Å². The number of amides is 1. The lowest BCUT2D eigenvalue weighted by atomic mass is 9.98. The number of carbonyl (C=O) groups excluding carboxylic acids is 1. The zero-order chi connectivity index (χ0) is 27.9. The van der Waals surface area contributed by atoms with Crippen molar-refractivity contribution >= 4 is 35.4 Å². The van der Waals surface area contributed by atoms with Crippen LogP contribution in [0.4, 0.5) is 11.6 Å². The molecule has 216 valence electrons. The molecule has 0 bridgehead atoms. The maximum absolute atomic E-state index is 12.5. The summed E-state index contributed by atoms with van der Waals surface area (Å²) in [6.45, 7) is 4.60. The molecule has 2 atom stereocenters. The third-order valence-electron chi connectivity index (χ3n) is 6.05. The van der Waals surface area contributed by atoms with Gasteiger partial charge in [0.05, 0.1) is 70.4 Å². The number of terminal acetylenes is 1. The lowest BCUT2D eigenvalue weighted by molar-refractivity contribution is -0.126. The SMILES string of the molecule is C#CCOCCOCCOCCOCCNC(=O)C1CN(c2nc(Cl)nc(NC3CCC(CO)O3)c2C=N)C1. The van der Waals surface area contributed by atoms with Crippen LogP contribution in [-0.4, -0.2) is 119 Å². The Morgan fingerprint density at radius 3 is 2.41 bits per heavy atom. The number of aliphatic hydroxyl groups is 1. The van der Waals surface area contributed by atoms with Crippen molar-refractivity contribution in [1.82, 2.24) is 15.3 Å². The number of nitrogens with zero attached hydrogens (tertiary/aromatic N) is 3. The largest absolute Gasteiger partial charge is 0.394 e. The lowest BCUT2D eigenvalue weighted by Gasteiger charge is -2.40. The summed E-state index contributed by atoms with van der Waals surface area (Å²) in [6, 6.07) is 0. The van der Waals surface area contributed by atoms with Gasteiger partial charge in [-0.3, -0.25) is 4.79 Å². The fourth-order valence-corrected chi connectivity index (χ4v) is 4.18. The topological polar surface area (TPSA) is 160 Å². The Balaban J connectivity index is 1.28. The Morgan fingerprint density at radius 1 is 1.13 bits per heavy atom. The van der Waals surface area contributed by atoms with Crippen molar-refractivity contribution in [2.24, 2.45) is 5.92 Å². The number of halogens is 1. The van der Waals surface area contributed by atoms with Crippen LogP contribution < -0.4 is 15.5 Å². The summed E-state index contributed by atoms with van der Waals surface area (Å²) >= 11 is 6.15. The van der Waals surface area contributed by atoms with E-state index in [1.165, 1.54) is 0 Å². The molecule has 2 saturated heterocycles. The fourth-order valence-electron chi connectivity index (χ4n) is 4.01. The van der Waals surface area contributed by atoms with Crippen LogP contribution >= 0.6 is 11.6 Å². The summed E-state index contributed by atoms with van der Waals surface area (Å²) < 4.78 is 27.0. The van der Waals surface area contributed by atoms with Crippen molar-refractivity contribution in [3.05, 3.63) is 10.8 Å². The zero-order valence-corrected chi connectivity index (χ0v) is 22.7. The molecule has 1 amide bonds. The molecule has 0 aliphatic carbocycles. The van der Waals surface area contributed by atoms with Crippen molar-refractivity contribution in [2.75, 3.05) is 89.3 Å². The van der Waals surface area contributed by atoms with E-state index in [2.05, 4.69) is 26.5 Å². The first-order valence-corrected chi connectivity index (χ1v) is 13.3. The second-order valence-electron chi connectivity index (χ2n) is 8.86. The number of carbonyl (C=O) groups is 1. The number of anilines is 2. The van der Waals surface area contributed by atoms with Crippen LogP contribution in [0.25, 0.3) is 0 Å². The van der Waals surface area contributed by atoms with Gasteiger partial charge in [0.1, 0.15) is 24.5 Å². The predicted octanol–water partition coefficient (Wildman–Crippen LogP) is 0.289. The average molecular weight is 569 g/mol. The summed E-state index contributed by atoms with van der Waals surface area (Å²) in [5, 5.41) is 23.2. The minimum atomic E-state index is -0.340. The van der Waals surface area contributed by atoms with E-state index in [-0.39, 0.29) is 42.7 Å². The van der Waals surface area contributed by atoms with Gasteiger partial charge in [0.25, 0.3) is 0 Å². The van der Waals surface area contributed by atoms with Gasteiger partial charge in [-0.1, -0.05) is 5.92 Å². The molecule has 13 nitrogen and oxygen atoms in total. The highest BCUT2D eigenvalue weighted by Gasteiger charge is 2.35. The molecule has 2 unspecified atom stereocenters. The van der Waals surface area contributed by atoms with Crippen LogP contribution in [0, 0.1) is 23.7 Å². The maximum Gasteiger partial charge on any atom is 0.226 e. The van der Waals surface area contributed by atoms with Gasteiger partial charge in [-0.15, -0.1) is 6.42 Å². The number of aromatic nitrogens is 2. The van der Waals surface area contributed by atoms with Crippen molar-refractivity contribution in [3.63, 3.8) is 0 Å². The van der Waals surface area contributed by atoms with Gasteiger partial charge in [-0.05, 0) is 24.4 Å². The fraction of sp³-hybridized carbons (Fsp3) is 0.680. The lowest BCUT2D eigenvalue weighted by Crippen LogP contribution is -2.54. The molecular weight excluding hydrogens is 532 g/mol. The maximum atomic E-state index is 12.5. The minimum absolute atomic E-state index is 0.0297. The summed E-state index contributed by atoms with van der Waals surface area (Å²) in [6.07, 6.45) is 7.09. The minimum Gasteiger partial charge on any atom is -0.394 e. The number of hydrogen-bond donors (Lipinski definition) is 4. The molecule has 14 heteroatoms. The standard InChI is InChI=1S/C25H37ClN6O7/c1-2-6-35-8-10-37-12-13-38-11-9-36-7-5-28-24(34)18-15-32(16-18)23-20(14-27)22(30-25(26)31-23)29-21-4-3-19(17-33)39-21/h1,14,18-19,21,27,33H,3-13,15-17H2,(H,28,34)(H,29,30,31). The highest BCUT2D eigenvalue weighted by Crippen LogP contribution is 2.31. The second kappa shape index (κ2) is 17.2. The normalized spacial score (nSPS) is 18.9. The molecule has 2 aliphatic heterocycles. The highest BCUT2D eigenvalue weighted by atomic mass is 35.5. The van der Waals surface area contributed by atoms with Crippen LogP contribution in [-0.2, 0) is 28.5 Å². The molecule has 0 radical (unpaired) electrons. The molecule has 1 aromatic rings. The predicted molar refractivity (Wildman–Crippen MR) is 144 cm³/mol. The number of hydrogen-bond acceptors (Lipinski definition) is 12. The first-order chi connectivity index (χ1) is 19.0. The molecule has 0 spiro atoms. The number of nitrogens with one attached hydrogen (secondary N) is 3. The van der Waals surface area contributed by atoms with Crippen molar-refractivity contribution < 1.29 is 33.6 Å². The summed E-state index contributed by atoms with van der Waals surface area (Å²) in [4.78, 5) is 22.9. The smallest absolute Gasteiger partial charge is 0.226 e. The van der Waals surface area contributed by atoms with Gasteiger partial charge in [-0.25, -0.2) is 0 Å². The first-order valence-electron chi connectivity index (χ1n) is 12.9. The summed E-state index contributed by atoms with van der Waals surface area (Å²) in [5.74, 6) is 2.97. The number of ether oxygens (including phenoxy) is 5. The van der Waals surface area contributed by atoms with E-state index in [0.717, 1.165) is 12.6 Å². The summed E-state index contributed by atoms with van der Waals surface area (Å²) in [5.41, 5.74) is 0.463. The molecule has 39 heavy (non-hydrogen) atoms.